The molecule has 4 aromatic carbocycles. The van der Waals surface area contributed by atoms with Crippen LogP contribution in [0.3, 0.4) is 0 Å². The highest BCUT2D eigenvalue weighted by molar-refractivity contribution is 6.35. The van der Waals surface area contributed by atoms with E-state index in [2.05, 4.69) is 48.1 Å². The first-order chi connectivity index (χ1) is 28.6. The van der Waals surface area contributed by atoms with E-state index in [0.29, 0.717) is 44.8 Å². The summed E-state index contributed by atoms with van der Waals surface area (Å²) in [5.74, 6) is -3.14. The Morgan fingerprint density at radius 2 is 0.900 bits per heavy atom. The average molecular weight is 811 g/mol. The number of aliphatic hydroxyl groups excluding tert-OH is 2. The lowest BCUT2D eigenvalue weighted by Crippen LogP contribution is -2.21. The number of Topliss-reactive ketones (excluding diaryl/α,β-unsaturated/α-hetero) is 2. The Morgan fingerprint density at radius 3 is 1.22 bits per heavy atom. The summed E-state index contributed by atoms with van der Waals surface area (Å²) in [7, 11) is 0. The number of hydrogen-bond donors (Lipinski definition) is 6. The lowest BCUT2D eigenvalue weighted by Gasteiger charge is -2.29. The number of carbonyl (C=O) groups excluding carboxylic acids is 2. The molecule has 0 radical (unpaired) electrons. The van der Waals surface area contributed by atoms with E-state index in [1.165, 1.54) is 12.4 Å². The number of allylic oxidation sites excluding steroid dienone is 4. The fraction of sp³-hybridized carbons (Fsp3) is 0.320. The highest BCUT2D eigenvalue weighted by Crippen LogP contribution is 2.53. The Morgan fingerprint density at radius 1 is 0.550 bits per heavy atom. The summed E-state index contributed by atoms with van der Waals surface area (Å²) in [4.78, 5) is 32.7. The normalized spacial score (nSPS) is 15.3. The number of fused-ring (bicyclic) bond motifs is 2. The van der Waals surface area contributed by atoms with E-state index in [1.54, 1.807) is 13.8 Å². The summed E-state index contributed by atoms with van der Waals surface area (Å²) in [6.45, 7) is 22.7. The minimum Gasteiger partial charge on any atom is -0.507 e. The first kappa shape index (κ1) is 43.2. The van der Waals surface area contributed by atoms with Crippen molar-refractivity contribution in [1.29, 1.82) is 0 Å². The molecule has 0 amide bonds. The van der Waals surface area contributed by atoms with Crippen LogP contribution in [0.25, 0.3) is 33.4 Å². The summed E-state index contributed by atoms with van der Waals surface area (Å²) >= 11 is 0. The van der Waals surface area contributed by atoms with Crippen LogP contribution in [0.5, 0.6) is 11.5 Å². The Kier molecular flexibility index (Phi) is 12.5. The Bertz CT molecular complexity index is 2330. The van der Waals surface area contributed by atoms with Crippen molar-refractivity contribution in [2.45, 2.75) is 69.2 Å². The quantitative estimate of drug-likeness (QED) is 0.0722. The molecule has 0 unspecified atom stereocenters. The first-order valence-electron chi connectivity index (χ1n) is 20.9. The van der Waals surface area contributed by atoms with E-state index >= 15 is 0 Å². The number of ketones is 2. The van der Waals surface area contributed by atoms with Gasteiger partial charge < -0.3 is 40.9 Å². The van der Waals surface area contributed by atoms with Gasteiger partial charge in [-0.15, -0.1) is 0 Å². The third-order valence-corrected chi connectivity index (χ3v) is 11.7. The molecule has 2 aliphatic rings. The number of aliphatic hydroxyl groups is 2. The fourth-order valence-electron chi connectivity index (χ4n) is 8.70. The Labute approximate surface area is 353 Å². The van der Waals surface area contributed by atoms with Crippen LogP contribution in [0.4, 0.5) is 22.7 Å². The van der Waals surface area contributed by atoms with Gasteiger partial charge in [-0.3, -0.25) is 9.59 Å². The van der Waals surface area contributed by atoms with Crippen LogP contribution in [0.1, 0.15) is 88.8 Å². The number of phenolic OH excluding ortho intramolecular Hbond substituents is 2. The molecule has 0 heterocycles. The lowest BCUT2D eigenvalue weighted by atomic mass is 9.75. The first-order valence-corrected chi connectivity index (χ1v) is 20.9. The number of nitrogens with zero attached hydrogens (tertiary/aromatic N) is 2. The van der Waals surface area contributed by atoms with Gasteiger partial charge in [0, 0.05) is 94.7 Å². The Hall–Kier alpha value is -6.42. The molecule has 0 aliphatic heterocycles. The number of aromatic hydroxyl groups is 2. The summed E-state index contributed by atoms with van der Waals surface area (Å²) < 4.78 is 0. The zero-order valence-electron chi connectivity index (χ0n) is 36.4. The van der Waals surface area contributed by atoms with Gasteiger partial charge in [0.1, 0.15) is 11.5 Å². The van der Waals surface area contributed by atoms with Crippen molar-refractivity contribution in [3.05, 3.63) is 118 Å². The average Bonchev–Trinajstić information content (AvgIpc) is 3.21. The van der Waals surface area contributed by atoms with Gasteiger partial charge in [-0.25, -0.2) is 0 Å². The number of hydrogen-bond acceptors (Lipinski definition) is 10. The molecule has 0 spiro atoms. The molecule has 0 aromatic heterocycles. The van der Waals surface area contributed by atoms with Crippen molar-refractivity contribution in [3.63, 3.8) is 0 Å². The number of rotatable bonds is 13. The number of carbonyl (C=O) groups is 2. The van der Waals surface area contributed by atoms with Gasteiger partial charge in [0.25, 0.3) is 0 Å². The third kappa shape index (κ3) is 7.62. The maximum atomic E-state index is 14.1. The second-order valence-electron chi connectivity index (χ2n) is 16.0. The van der Waals surface area contributed by atoms with Crippen molar-refractivity contribution in [3.8, 4) is 22.6 Å². The van der Waals surface area contributed by atoms with E-state index in [9.17, 15) is 30.0 Å². The number of aryl methyl sites for hydroxylation is 2. The van der Waals surface area contributed by atoms with Gasteiger partial charge in [0.15, 0.2) is 11.5 Å². The van der Waals surface area contributed by atoms with Crippen molar-refractivity contribution in [2.75, 3.05) is 46.6 Å². The second-order valence-corrected chi connectivity index (χ2v) is 16.0. The Balaban J connectivity index is 1.57. The summed E-state index contributed by atoms with van der Waals surface area (Å²) in [5, 5.41) is 54.4. The van der Waals surface area contributed by atoms with Crippen molar-refractivity contribution >= 4 is 56.6 Å². The van der Waals surface area contributed by atoms with Gasteiger partial charge in [0.2, 0.25) is 11.6 Å². The van der Waals surface area contributed by atoms with Gasteiger partial charge >= 0.3 is 0 Å². The molecular weight excluding hydrogens is 753 g/mol. The molecule has 0 saturated carbocycles. The van der Waals surface area contributed by atoms with Crippen LogP contribution >= 0.6 is 0 Å². The molecule has 0 atom stereocenters. The number of phenols is 2. The number of anilines is 4. The van der Waals surface area contributed by atoms with Gasteiger partial charge in [-0.2, -0.15) is 0 Å². The number of benzene rings is 4. The second kappa shape index (κ2) is 17.4. The molecular formula is C50H58N4O6. The fourth-order valence-corrected chi connectivity index (χ4v) is 8.70. The maximum Gasteiger partial charge on any atom is 0.229 e. The molecule has 314 valence electrons. The third-order valence-electron chi connectivity index (χ3n) is 11.7. The predicted octanol–water partition coefficient (Wildman–Crippen LogP) is 11.0. The van der Waals surface area contributed by atoms with Crippen LogP contribution in [-0.2, 0) is 9.59 Å². The zero-order valence-corrected chi connectivity index (χ0v) is 36.4. The van der Waals surface area contributed by atoms with Gasteiger partial charge in [-0.05, 0) is 112 Å². The maximum absolute atomic E-state index is 14.1. The predicted molar refractivity (Wildman–Crippen MR) is 247 cm³/mol. The van der Waals surface area contributed by atoms with Crippen LogP contribution in [-0.4, -0.2) is 58.2 Å². The topological polar surface area (TPSA) is 146 Å². The van der Waals surface area contributed by atoms with Crippen molar-refractivity contribution in [2.24, 2.45) is 11.8 Å². The minimum atomic E-state index is -0.649. The molecule has 0 fully saturated rings. The van der Waals surface area contributed by atoms with Crippen LogP contribution in [0.15, 0.2) is 84.6 Å². The molecule has 10 nitrogen and oxygen atoms in total. The number of nitrogens with one attached hydrogen (secondary N) is 2. The monoisotopic (exact) mass is 810 g/mol. The van der Waals surface area contributed by atoms with Gasteiger partial charge in [0.05, 0.1) is 11.1 Å². The van der Waals surface area contributed by atoms with Gasteiger partial charge in [-0.1, -0.05) is 52.0 Å². The SMILES string of the molecule is CCN(CC)c1cccc(N/C=C2\C(=O)C(O)=C(C(C)C)c3cc(C)c(-c4c(C)cc5c(c4O)/C(=C/Nc4cccc(N(CC)CC)c4)C(=O)C(O)=C5C(C)C)c(O)c32)c1. The molecule has 60 heavy (non-hydrogen) atoms. The van der Waals surface area contributed by atoms with E-state index in [4.69, 9.17) is 0 Å². The zero-order chi connectivity index (χ0) is 43.7. The van der Waals surface area contributed by atoms with Crippen LogP contribution in [0.2, 0.25) is 0 Å². The largest absolute Gasteiger partial charge is 0.507 e. The molecule has 0 bridgehead atoms. The standard InChI is InChI=1S/C50H58N4O6/c1-11-53(12-2)33-19-15-17-31(23-33)51-25-37-43-35(39(27(5)6)49(59)45(37)55)21-29(9)41(47(43)57)42-30(10)22-36-40(28(7)8)50(60)46(56)38(44(36)48(42)58)26-52-32-18-16-20-34(24-32)54(13-3)14-4/h15-28,51-52,57-60H,11-14H2,1-10H3/b37-25-,38-26-. The summed E-state index contributed by atoms with van der Waals surface area (Å²) in [6, 6.07) is 19.2. The van der Waals surface area contributed by atoms with E-state index in [-0.39, 0.29) is 56.7 Å². The van der Waals surface area contributed by atoms with Crippen molar-refractivity contribution < 1.29 is 30.0 Å². The molecule has 4 aromatic rings. The van der Waals surface area contributed by atoms with E-state index < -0.39 is 23.1 Å². The minimum absolute atomic E-state index is 0.0517. The highest BCUT2D eigenvalue weighted by Gasteiger charge is 2.38. The van der Waals surface area contributed by atoms with E-state index in [0.717, 1.165) is 37.6 Å². The highest BCUT2D eigenvalue weighted by atomic mass is 16.3. The molecule has 6 rings (SSSR count). The lowest BCUT2D eigenvalue weighted by molar-refractivity contribution is -0.113. The van der Waals surface area contributed by atoms with E-state index in [1.807, 2.05) is 88.4 Å². The van der Waals surface area contributed by atoms with Crippen LogP contribution in [0, 0.1) is 25.7 Å². The van der Waals surface area contributed by atoms with Crippen LogP contribution < -0.4 is 20.4 Å². The van der Waals surface area contributed by atoms with Crippen molar-refractivity contribution in [1.82, 2.24) is 0 Å². The summed E-state index contributed by atoms with van der Waals surface area (Å²) in [6.07, 6.45) is 3.02. The molecule has 10 heteroatoms. The molecule has 6 N–H and O–H groups in total. The summed E-state index contributed by atoms with van der Waals surface area (Å²) in [5.41, 5.74) is 7.47. The molecule has 0 saturated heterocycles. The smallest absolute Gasteiger partial charge is 0.229 e. The molecule has 2 aliphatic carbocycles.